The fourth-order valence-corrected chi connectivity index (χ4v) is 3.09. The van der Waals surface area contributed by atoms with Crippen LogP contribution in [0.5, 0.6) is 11.5 Å². The molecule has 0 N–H and O–H groups in total. The Kier molecular flexibility index (Phi) is 4.63. The SMILES string of the molecule is CCOc1cc(Cl)c2c(c1OCC)C(Cl)CCC2. The zero-order valence-corrected chi connectivity index (χ0v) is 12.3. The van der Waals surface area contributed by atoms with Crippen molar-refractivity contribution in [2.45, 2.75) is 38.5 Å². The molecule has 0 spiro atoms. The quantitative estimate of drug-likeness (QED) is 0.744. The number of hydrogen-bond donors (Lipinski definition) is 0. The van der Waals surface area contributed by atoms with E-state index in [1.54, 1.807) is 0 Å². The lowest BCUT2D eigenvalue weighted by Gasteiger charge is -2.26. The van der Waals surface area contributed by atoms with Crippen LogP contribution < -0.4 is 9.47 Å². The first-order chi connectivity index (χ1) is 8.69. The van der Waals surface area contributed by atoms with Crippen LogP contribution in [0.25, 0.3) is 0 Å². The Morgan fingerprint density at radius 1 is 1.28 bits per heavy atom. The van der Waals surface area contributed by atoms with E-state index in [9.17, 15) is 0 Å². The highest BCUT2D eigenvalue weighted by Crippen LogP contribution is 2.48. The van der Waals surface area contributed by atoms with Crippen molar-refractivity contribution in [1.29, 1.82) is 0 Å². The molecule has 1 unspecified atom stereocenters. The van der Waals surface area contributed by atoms with E-state index >= 15 is 0 Å². The molecule has 18 heavy (non-hydrogen) atoms. The van der Waals surface area contributed by atoms with Crippen molar-refractivity contribution in [3.8, 4) is 11.5 Å². The summed E-state index contributed by atoms with van der Waals surface area (Å²) in [5.41, 5.74) is 2.15. The maximum absolute atomic E-state index is 6.44. The Bertz CT molecular complexity index is 432. The van der Waals surface area contributed by atoms with Gasteiger partial charge in [0.1, 0.15) is 0 Å². The van der Waals surface area contributed by atoms with Crippen molar-refractivity contribution >= 4 is 23.2 Å². The van der Waals surface area contributed by atoms with Gasteiger partial charge < -0.3 is 9.47 Å². The van der Waals surface area contributed by atoms with Gasteiger partial charge in [-0.1, -0.05) is 11.6 Å². The Labute approximate surface area is 118 Å². The van der Waals surface area contributed by atoms with Gasteiger partial charge >= 0.3 is 0 Å². The number of hydrogen-bond acceptors (Lipinski definition) is 2. The first-order valence-corrected chi connectivity index (χ1v) is 7.25. The van der Waals surface area contributed by atoms with Gasteiger partial charge in [-0.15, -0.1) is 11.6 Å². The number of ether oxygens (including phenoxy) is 2. The highest BCUT2D eigenvalue weighted by molar-refractivity contribution is 6.32. The van der Waals surface area contributed by atoms with Crippen LogP contribution in [0, 0.1) is 0 Å². The van der Waals surface area contributed by atoms with Gasteiger partial charge in [-0.3, -0.25) is 0 Å². The molecule has 1 aromatic carbocycles. The van der Waals surface area contributed by atoms with E-state index in [4.69, 9.17) is 32.7 Å². The van der Waals surface area contributed by atoms with Crippen LogP contribution >= 0.6 is 23.2 Å². The Morgan fingerprint density at radius 3 is 2.67 bits per heavy atom. The lowest BCUT2D eigenvalue weighted by molar-refractivity contribution is 0.283. The molecule has 2 nitrogen and oxygen atoms in total. The van der Waals surface area contributed by atoms with Crippen LogP contribution in [0.3, 0.4) is 0 Å². The number of fused-ring (bicyclic) bond motifs is 1. The minimum Gasteiger partial charge on any atom is -0.490 e. The normalized spacial score (nSPS) is 18.3. The molecule has 0 aromatic heterocycles. The predicted molar refractivity (Wildman–Crippen MR) is 75.3 cm³/mol. The van der Waals surface area contributed by atoms with Gasteiger partial charge in [0.15, 0.2) is 11.5 Å². The van der Waals surface area contributed by atoms with Crippen molar-refractivity contribution in [1.82, 2.24) is 0 Å². The smallest absolute Gasteiger partial charge is 0.166 e. The zero-order chi connectivity index (χ0) is 13.1. The Morgan fingerprint density at radius 2 is 2.00 bits per heavy atom. The average molecular weight is 289 g/mol. The first-order valence-electron chi connectivity index (χ1n) is 6.43. The molecular formula is C14H18Cl2O2. The maximum Gasteiger partial charge on any atom is 0.166 e. The van der Waals surface area contributed by atoms with E-state index in [0.717, 1.165) is 41.2 Å². The van der Waals surface area contributed by atoms with Crippen molar-refractivity contribution in [2.24, 2.45) is 0 Å². The van der Waals surface area contributed by atoms with Crippen molar-refractivity contribution in [2.75, 3.05) is 13.2 Å². The zero-order valence-electron chi connectivity index (χ0n) is 10.8. The molecule has 0 saturated carbocycles. The summed E-state index contributed by atoms with van der Waals surface area (Å²) in [7, 11) is 0. The second-order valence-corrected chi connectivity index (χ2v) is 5.24. The van der Waals surface area contributed by atoms with E-state index in [-0.39, 0.29) is 5.38 Å². The number of rotatable bonds is 4. The van der Waals surface area contributed by atoms with E-state index in [0.29, 0.717) is 19.0 Å². The number of halogens is 2. The molecule has 0 saturated heterocycles. The minimum atomic E-state index is -0.0341. The van der Waals surface area contributed by atoms with Gasteiger partial charge in [-0.25, -0.2) is 0 Å². The fraction of sp³-hybridized carbons (Fsp3) is 0.571. The third-order valence-electron chi connectivity index (χ3n) is 3.13. The Balaban J connectivity index is 2.56. The summed E-state index contributed by atoms with van der Waals surface area (Å²) >= 11 is 12.8. The molecular weight excluding hydrogens is 271 g/mol. The first kappa shape index (κ1) is 13.8. The molecule has 1 aliphatic carbocycles. The van der Waals surface area contributed by atoms with Crippen molar-refractivity contribution < 1.29 is 9.47 Å². The molecule has 1 aromatic rings. The van der Waals surface area contributed by atoms with E-state index in [2.05, 4.69) is 0 Å². The van der Waals surface area contributed by atoms with Gasteiger partial charge in [-0.2, -0.15) is 0 Å². The van der Waals surface area contributed by atoms with Crippen molar-refractivity contribution in [3.63, 3.8) is 0 Å². The minimum absolute atomic E-state index is 0.0341. The fourth-order valence-electron chi connectivity index (χ4n) is 2.41. The van der Waals surface area contributed by atoms with Crippen LogP contribution in [-0.2, 0) is 6.42 Å². The highest BCUT2D eigenvalue weighted by Gasteiger charge is 2.27. The maximum atomic E-state index is 6.44. The van der Waals surface area contributed by atoms with Gasteiger partial charge in [0.05, 0.1) is 18.6 Å². The highest BCUT2D eigenvalue weighted by atomic mass is 35.5. The number of alkyl halides is 1. The molecule has 1 atom stereocenters. The molecule has 0 amide bonds. The van der Waals surface area contributed by atoms with Gasteiger partial charge in [-0.05, 0) is 38.7 Å². The molecule has 2 rings (SSSR count). The van der Waals surface area contributed by atoms with E-state index in [1.165, 1.54) is 0 Å². The third kappa shape index (κ3) is 2.55. The predicted octanol–water partition coefficient (Wildman–Crippen LogP) is 4.75. The van der Waals surface area contributed by atoms with Gasteiger partial charge in [0.2, 0.25) is 0 Å². The Hall–Kier alpha value is -0.600. The van der Waals surface area contributed by atoms with Crippen LogP contribution in [-0.4, -0.2) is 13.2 Å². The summed E-state index contributed by atoms with van der Waals surface area (Å²) in [5.74, 6) is 1.48. The van der Waals surface area contributed by atoms with Crippen LogP contribution in [0.4, 0.5) is 0 Å². The van der Waals surface area contributed by atoms with E-state index in [1.807, 2.05) is 19.9 Å². The molecule has 0 aliphatic heterocycles. The summed E-state index contributed by atoms with van der Waals surface area (Å²) < 4.78 is 11.4. The molecule has 0 heterocycles. The standard InChI is InChI=1S/C14H18Cl2O2/c1-3-17-12-8-11(16)9-6-5-7-10(15)13(9)14(12)18-4-2/h8,10H,3-7H2,1-2H3. The molecule has 4 heteroatoms. The largest absolute Gasteiger partial charge is 0.490 e. The summed E-state index contributed by atoms with van der Waals surface area (Å²) in [4.78, 5) is 0. The second-order valence-electron chi connectivity index (χ2n) is 4.30. The lowest BCUT2D eigenvalue weighted by Crippen LogP contribution is -2.11. The average Bonchev–Trinajstić information content (AvgIpc) is 2.35. The molecule has 0 bridgehead atoms. The monoisotopic (exact) mass is 288 g/mol. The van der Waals surface area contributed by atoms with Crippen LogP contribution in [0.15, 0.2) is 6.07 Å². The molecule has 1 aliphatic rings. The summed E-state index contributed by atoms with van der Waals surface area (Å²) in [6.45, 7) is 5.09. The van der Waals surface area contributed by atoms with Crippen molar-refractivity contribution in [3.05, 3.63) is 22.2 Å². The summed E-state index contributed by atoms with van der Waals surface area (Å²) in [5, 5.41) is 0.704. The second kappa shape index (κ2) is 6.03. The van der Waals surface area contributed by atoms with Gasteiger partial charge in [0.25, 0.3) is 0 Å². The molecule has 0 radical (unpaired) electrons. The van der Waals surface area contributed by atoms with Crippen LogP contribution in [0.2, 0.25) is 5.02 Å². The number of benzene rings is 1. The molecule has 0 fully saturated rings. The topological polar surface area (TPSA) is 18.5 Å². The van der Waals surface area contributed by atoms with Gasteiger partial charge in [0, 0.05) is 16.7 Å². The summed E-state index contributed by atoms with van der Waals surface area (Å²) in [6, 6.07) is 1.85. The third-order valence-corrected chi connectivity index (χ3v) is 3.90. The molecule has 100 valence electrons. The lowest BCUT2D eigenvalue weighted by atomic mass is 9.90. The van der Waals surface area contributed by atoms with E-state index < -0.39 is 0 Å². The summed E-state index contributed by atoms with van der Waals surface area (Å²) in [6.07, 6.45) is 2.99. The van der Waals surface area contributed by atoms with Crippen LogP contribution in [0.1, 0.15) is 43.2 Å².